The highest BCUT2D eigenvalue weighted by molar-refractivity contribution is 15.0. The van der Waals surface area contributed by atoms with Gasteiger partial charge in [0.25, 0.3) is 0 Å². The van der Waals surface area contributed by atoms with E-state index < -0.39 is 7.87 Å². The minimum Gasteiger partial charge on any atom is -1.00 e. The highest BCUT2D eigenvalue weighted by Crippen LogP contribution is 2.74. The van der Waals surface area contributed by atoms with Gasteiger partial charge in [-0.15, -0.1) is 0 Å². The van der Waals surface area contributed by atoms with Crippen LogP contribution in [0.5, 0.6) is 23.0 Å². The Balaban J connectivity index is 0.00000584. The van der Waals surface area contributed by atoms with Gasteiger partial charge in [-0.05, 0) is 123 Å². The lowest BCUT2D eigenvalue weighted by Crippen LogP contribution is -3.00. The van der Waals surface area contributed by atoms with E-state index in [9.17, 15) is 0 Å². The van der Waals surface area contributed by atoms with Crippen molar-refractivity contribution >= 4 is 67.8 Å². The van der Waals surface area contributed by atoms with Gasteiger partial charge in [-0.2, -0.15) is 18.7 Å². The van der Waals surface area contributed by atoms with E-state index in [0.717, 1.165) is 74.9 Å². The van der Waals surface area contributed by atoms with Gasteiger partial charge in [-0.1, -0.05) is 156 Å². The molecule has 0 aliphatic carbocycles. The van der Waals surface area contributed by atoms with Crippen LogP contribution in [0.3, 0.4) is 0 Å². The van der Waals surface area contributed by atoms with Crippen molar-refractivity contribution in [1.29, 1.82) is 0 Å². The van der Waals surface area contributed by atoms with Gasteiger partial charge < -0.3 is 42.9 Å². The van der Waals surface area contributed by atoms with Crippen molar-refractivity contribution in [3.05, 3.63) is 97.1 Å². The lowest BCUT2D eigenvalue weighted by molar-refractivity contribution is -0.0000158. The lowest BCUT2D eigenvalue weighted by Gasteiger charge is -2.53. The van der Waals surface area contributed by atoms with Crippen molar-refractivity contribution in [1.82, 2.24) is 0 Å². The fraction of sp³-hybridized carbons (Fsp3) is 0.600. The molecule has 406 valence electrons. The number of hydrogen-bond acceptors (Lipinski definition) is 8. The first-order valence-corrected chi connectivity index (χ1v) is 35.6. The summed E-state index contributed by atoms with van der Waals surface area (Å²) in [4.78, 5) is 0. The molecule has 0 amide bonds. The zero-order chi connectivity index (χ0) is 51.4. The van der Waals surface area contributed by atoms with Gasteiger partial charge in [0, 0.05) is 37.2 Å². The molecule has 4 aromatic carbocycles. The molecular formula is C60H96I3N4O4P. The normalized spacial score (nSPS) is 11.0. The molecule has 0 radical (unpaired) electrons. The fourth-order valence-electron chi connectivity index (χ4n) is 9.64. The maximum atomic E-state index is 5.89. The van der Waals surface area contributed by atoms with Gasteiger partial charge >= 0.3 is 7.87 Å². The van der Waals surface area contributed by atoms with Gasteiger partial charge in [0.2, 0.25) is 0 Å². The molecule has 12 heteroatoms. The third kappa shape index (κ3) is 21.9. The molecule has 0 heterocycles. The maximum Gasteiger partial charge on any atom is 0.405 e. The van der Waals surface area contributed by atoms with E-state index in [0.29, 0.717) is 0 Å². The summed E-state index contributed by atoms with van der Waals surface area (Å²) in [6.45, 7) is 12.9. The summed E-state index contributed by atoms with van der Waals surface area (Å²) in [6.07, 6.45) is 29.3. The summed E-state index contributed by atoms with van der Waals surface area (Å²) in [6, 6.07) is 36.2. The van der Waals surface area contributed by atoms with Crippen LogP contribution in [0.15, 0.2) is 97.1 Å². The van der Waals surface area contributed by atoms with Crippen LogP contribution in [0.25, 0.3) is 0 Å². The van der Waals surface area contributed by atoms with E-state index >= 15 is 0 Å². The number of halogens is 3. The molecule has 8 nitrogen and oxygen atoms in total. The molecule has 72 heavy (non-hydrogen) atoms. The summed E-state index contributed by atoms with van der Waals surface area (Å²) < 4.78 is 35.2. The number of rotatable bonds is 40. The Labute approximate surface area is 481 Å². The Bertz CT molecular complexity index is 1600. The van der Waals surface area contributed by atoms with Crippen LogP contribution in [0, 0.1) is 0 Å². The van der Waals surface area contributed by atoms with Crippen molar-refractivity contribution in [3.8, 4) is 23.0 Å². The minimum atomic E-state index is -2.99. The molecule has 0 saturated heterocycles. The second kappa shape index (κ2) is 41.1. The van der Waals surface area contributed by atoms with Crippen molar-refractivity contribution in [2.75, 3.05) is 73.3 Å². The van der Waals surface area contributed by atoms with Crippen LogP contribution in [0.1, 0.15) is 182 Å². The Morgan fingerprint density at radius 2 is 0.458 bits per heavy atom. The average molecular weight is 1350 g/mol. The zero-order valence-corrected chi connectivity index (χ0v) is 53.4. The second-order valence-electron chi connectivity index (χ2n) is 18.9. The van der Waals surface area contributed by atoms with Crippen molar-refractivity contribution in [2.24, 2.45) is 0 Å². The minimum absolute atomic E-state index is 0. The van der Waals surface area contributed by atoms with E-state index in [1.165, 1.54) is 151 Å². The van der Waals surface area contributed by atoms with Crippen LogP contribution in [0.2, 0.25) is 0 Å². The SMILES string of the molecule is CCCCCCCCN(c1ccc(OC)cc1)[P+](N(CCCCCCCC)c1ccc(OC)cc1)(N(CCCCCCCC)c1ccc(OC)cc1)N(CCCCCCCC)c1ccc(OC)cc1.II.[I-]. The van der Waals surface area contributed by atoms with Crippen molar-refractivity contribution < 1.29 is 42.9 Å². The first-order chi connectivity index (χ1) is 34.9. The molecule has 0 N–H and O–H groups in total. The average Bonchev–Trinajstić information content (AvgIpc) is 3.42. The molecule has 0 spiro atoms. The van der Waals surface area contributed by atoms with E-state index in [-0.39, 0.29) is 24.0 Å². The molecule has 4 aromatic rings. The summed E-state index contributed by atoms with van der Waals surface area (Å²) in [5, 5.41) is 0. The van der Waals surface area contributed by atoms with Crippen molar-refractivity contribution in [2.45, 2.75) is 182 Å². The third-order valence-corrected chi connectivity index (χ3v) is 18.0. The van der Waals surface area contributed by atoms with Gasteiger partial charge in [-0.25, -0.2) is 0 Å². The molecule has 0 bridgehead atoms. The molecule has 0 saturated carbocycles. The quantitative estimate of drug-likeness (QED) is 0.0248. The molecule has 0 aromatic heterocycles. The number of benzene rings is 4. The molecule has 0 atom stereocenters. The Morgan fingerprint density at radius 1 is 0.292 bits per heavy atom. The van der Waals surface area contributed by atoms with Crippen LogP contribution in [-0.2, 0) is 0 Å². The molecular weight excluding hydrogens is 1250 g/mol. The van der Waals surface area contributed by atoms with Crippen LogP contribution in [-0.4, -0.2) is 54.6 Å². The first-order valence-electron chi connectivity index (χ1n) is 27.7. The highest BCUT2D eigenvalue weighted by atomic mass is 128. The van der Waals surface area contributed by atoms with Gasteiger partial charge in [0.15, 0.2) is 0 Å². The van der Waals surface area contributed by atoms with E-state index in [4.69, 9.17) is 18.9 Å². The predicted octanol–water partition coefficient (Wildman–Crippen LogP) is 16.9. The van der Waals surface area contributed by atoms with Gasteiger partial charge in [-0.3, -0.25) is 0 Å². The lowest BCUT2D eigenvalue weighted by atomic mass is 10.1. The molecule has 4 rings (SSSR count). The summed E-state index contributed by atoms with van der Waals surface area (Å²) in [5.41, 5.74) is 4.90. The maximum absolute atomic E-state index is 5.89. The highest BCUT2D eigenvalue weighted by Gasteiger charge is 2.63. The second-order valence-corrected chi connectivity index (χ2v) is 21.9. The van der Waals surface area contributed by atoms with Crippen molar-refractivity contribution in [3.63, 3.8) is 0 Å². The number of ether oxygens (including phenoxy) is 4. The third-order valence-electron chi connectivity index (χ3n) is 13.7. The Kier molecular flexibility index (Phi) is 37.7. The zero-order valence-electron chi connectivity index (χ0n) is 46.0. The summed E-state index contributed by atoms with van der Waals surface area (Å²) >= 11 is 4.24. The van der Waals surface area contributed by atoms with Crippen LogP contribution < -0.4 is 61.6 Å². The van der Waals surface area contributed by atoms with Gasteiger partial charge in [0.05, 0.1) is 77.4 Å². The van der Waals surface area contributed by atoms with E-state index in [1.54, 1.807) is 28.4 Å². The Morgan fingerprint density at radius 3 is 0.625 bits per heavy atom. The smallest absolute Gasteiger partial charge is 0.405 e. The largest absolute Gasteiger partial charge is 1.00 e. The van der Waals surface area contributed by atoms with Crippen LogP contribution >= 0.6 is 45.1 Å². The van der Waals surface area contributed by atoms with Gasteiger partial charge in [0.1, 0.15) is 23.0 Å². The Hall–Kier alpha value is -2.10. The van der Waals surface area contributed by atoms with E-state index in [1.807, 2.05) is 0 Å². The monoisotopic (exact) mass is 1350 g/mol. The number of nitrogens with zero attached hydrogens (tertiary/aromatic N) is 4. The number of methoxy groups -OCH3 is 4. The molecule has 0 fully saturated rings. The standard InChI is InChI=1S/C60H96N4O4P.I2.HI/c1-9-13-17-21-25-29-49-61(53-33-41-57(65-5)42-34-53)69(62(50-30-26-22-18-14-10-2)54-35-43-58(66-6)44-36-54,63(51-31-27-23-19-15-11-3)55-37-45-59(67-7)46-38-55)64(52-32-28-24-20-16-12-4)56-39-47-60(68-8)48-40-56;1-2;/h33-48H,9-32,49-52H2,1-8H3;;1H/q+1;;/p-1. The number of unbranched alkanes of at least 4 members (excludes halogenated alkanes) is 20. The first kappa shape index (κ1) is 66.0. The topological polar surface area (TPSA) is 49.9 Å². The molecule has 0 unspecified atom stereocenters. The predicted molar refractivity (Wildman–Crippen MR) is 330 cm³/mol. The summed E-state index contributed by atoms with van der Waals surface area (Å²) in [7, 11) is 4.13. The van der Waals surface area contributed by atoms with E-state index in [2.05, 4.69) is 181 Å². The molecule has 0 aliphatic rings. The fourth-order valence-corrected chi connectivity index (χ4v) is 14.6. The number of anilines is 4. The number of hydrogen-bond donors (Lipinski definition) is 0. The molecule has 0 aliphatic heterocycles. The van der Waals surface area contributed by atoms with Crippen LogP contribution in [0.4, 0.5) is 22.7 Å². The summed E-state index contributed by atoms with van der Waals surface area (Å²) in [5.74, 6) is 3.50.